The van der Waals surface area contributed by atoms with Gasteiger partial charge in [0.25, 0.3) is 0 Å². The summed E-state index contributed by atoms with van der Waals surface area (Å²) < 4.78 is 0. The first-order valence-corrected chi connectivity index (χ1v) is 8.67. The van der Waals surface area contributed by atoms with E-state index in [4.69, 9.17) is 23.2 Å². The first-order chi connectivity index (χ1) is 10.1. The Hall–Kier alpha value is -0.280. The van der Waals surface area contributed by atoms with Crippen molar-refractivity contribution in [3.05, 3.63) is 33.8 Å². The molecule has 2 heterocycles. The van der Waals surface area contributed by atoms with Gasteiger partial charge < -0.3 is 10.2 Å². The van der Waals surface area contributed by atoms with Crippen LogP contribution in [0.2, 0.25) is 10.0 Å². The summed E-state index contributed by atoms with van der Waals surface area (Å²) in [5, 5.41) is 5.10. The predicted octanol–water partition coefficient (Wildman–Crippen LogP) is 4.00. The topological polar surface area (TPSA) is 15.3 Å². The number of piperidine rings is 1. The standard InChI is InChI=1S/C17H24Cl2N2/c1-20-17(10-14-15(18)4-3-5-16(14)19)11-8-12-6-7-13(9-11)21(12)2/h3-5,11-13,17,20H,6-10H2,1-2H3. The molecule has 21 heavy (non-hydrogen) atoms. The molecular formula is C17H24Cl2N2. The predicted molar refractivity (Wildman–Crippen MR) is 90.3 cm³/mol. The molecule has 0 saturated carbocycles. The lowest BCUT2D eigenvalue weighted by Crippen LogP contribution is -2.47. The summed E-state index contributed by atoms with van der Waals surface area (Å²) in [4.78, 5) is 2.59. The molecule has 0 spiro atoms. The van der Waals surface area contributed by atoms with Crippen molar-refractivity contribution in [2.45, 2.75) is 50.2 Å². The van der Waals surface area contributed by atoms with Crippen molar-refractivity contribution in [3.8, 4) is 0 Å². The molecule has 1 aromatic rings. The molecule has 1 aromatic carbocycles. The Bertz CT molecular complexity index is 471. The van der Waals surface area contributed by atoms with Crippen LogP contribution in [0, 0.1) is 5.92 Å². The number of hydrogen-bond donors (Lipinski definition) is 1. The summed E-state index contributed by atoms with van der Waals surface area (Å²) >= 11 is 12.7. The maximum absolute atomic E-state index is 6.34. The molecule has 3 rings (SSSR count). The van der Waals surface area contributed by atoms with E-state index >= 15 is 0 Å². The zero-order valence-electron chi connectivity index (χ0n) is 12.8. The Kier molecular flexibility index (Phi) is 4.80. The smallest absolute Gasteiger partial charge is 0.0453 e. The van der Waals surface area contributed by atoms with Gasteiger partial charge in [-0.15, -0.1) is 0 Å². The molecule has 2 nitrogen and oxygen atoms in total. The highest BCUT2D eigenvalue weighted by Gasteiger charge is 2.40. The molecule has 2 aliphatic heterocycles. The first kappa shape index (κ1) is 15.6. The van der Waals surface area contributed by atoms with Crippen LogP contribution in [-0.2, 0) is 6.42 Å². The molecule has 1 N–H and O–H groups in total. The number of nitrogens with one attached hydrogen (secondary N) is 1. The van der Waals surface area contributed by atoms with Gasteiger partial charge in [-0.25, -0.2) is 0 Å². The first-order valence-electron chi connectivity index (χ1n) is 7.92. The Morgan fingerprint density at radius 2 is 1.76 bits per heavy atom. The average molecular weight is 327 g/mol. The minimum absolute atomic E-state index is 0.458. The van der Waals surface area contributed by atoms with Gasteiger partial charge in [0.2, 0.25) is 0 Å². The molecular weight excluding hydrogens is 303 g/mol. The third-order valence-corrected chi connectivity index (χ3v) is 6.27. The van der Waals surface area contributed by atoms with Crippen molar-refractivity contribution in [2.24, 2.45) is 5.92 Å². The van der Waals surface area contributed by atoms with E-state index in [-0.39, 0.29) is 0 Å². The van der Waals surface area contributed by atoms with E-state index in [2.05, 4.69) is 24.3 Å². The van der Waals surface area contributed by atoms with Gasteiger partial charge in [-0.3, -0.25) is 0 Å². The molecule has 2 saturated heterocycles. The summed E-state index contributed by atoms with van der Waals surface area (Å²) in [7, 11) is 4.35. The van der Waals surface area contributed by atoms with Crippen LogP contribution in [-0.4, -0.2) is 37.1 Å². The van der Waals surface area contributed by atoms with Crippen LogP contribution in [0.15, 0.2) is 18.2 Å². The van der Waals surface area contributed by atoms with Crippen LogP contribution in [0.25, 0.3) is 0 Å². The summed E-state index contributed by atoms with van der Waals surface area (Å²) in [5.74, 6) is 0.719. The second-order valence-electron chi connectivity index (χ2n) is 6.58. The number of fused-ring (bicyclic) bond motifs is 2. The highest BCUT2D eigenvalue weighted by Crippen LogP contribution is 2.39. The van der Waals surface area contributed by atoms with Crippen LogP contribution in [0.3, 0.4) is 0 Å². The van der Waals surface area contributed by atoms with Gasteiger partial charge in [0.15, 0.2) is 0 Å². The molecule has 4 heteroatoms. The summed E-state index contributed by atoms with van der Waals surface area (Å²) in [5.41, 5.74) is 1.09. The monoisotopic (exact) mass is 326 g/mol. The van der Waals surface area contributed by atoms with Gasteiger partial charge in [0.1, 0.15) is 0 Å². The molecule has 0 aliphatic carbocycles. The van der Waals surface area contributed by atoms with Crippen molar-refractivity contribution in [3.63, 3.8) is 0 Å². The number of rotatable bonds is 4. The van der Waals surface area contributed by atoms with E-state index in [0.29, 0.717) is 6.04 Å². The number of benzene rings is 1. The maximum Gasteiger partial charge on any atom is 0.0453 e. The molecule has 0 amide bonds. The van der Waals surface area contributed by atoms with E-state index in [1.807, 2.05) is 18.2 Å². The van der Waals surface area contributed by atoms with Gasteiger partial charge in [0.05, 0.1) is 0 Å². The Morgan fingerprint density at radius 3 is 2.29 bits per heavy atom. The van der Waals surface area contributed by atoms with Crippen LogP contribution in [0.5, 0.6) is 0 Å². The van der Waals surface area contributed by atoms with E-state index in [0.717, 1.165) is 40.0 Å². The van der Waals surface area contributed by atoms with Crippen molar-refractivity contribution < 1.29 is 0 Å². The van der Waals surface area contributed by atoms with Crippen LogP contribution >= 0.6 is 23.2 Å². The van der Waals surface area contributed by atoms with Crippen LogP contribution < -0.4 is 5.32 Å². The van der Waals surface area contributed by atoms with Gasteiger partial charge in [-0.1, -0.05) is 29.3 Å². The number of likely N-dealkylation sites (N-methyl/N-ethyl adjacent to an activating group) is 1. The maximum atomic E-state index is 6.34. The van der Waals surface area contributed by atoms with Crippen molar-refractivity contribution in [1.29, 1.82) is 0 Å². The molecule has 3 unspecified atom stereocenters. The number of hydrogen-bond acceptors (Lipinski definition) is 2. The SMILES string of the molecule is CNC(Cc1c(Cl)cccc1Cl)C1CC2CCC(C1)N2C. The average Bonchev–Trinajstić information content (AvgIpc) is 2.69. The summed E-state index contributed by atoms with van der Waals surface area (Å²) in [6, 6.07) is 7.79. The fourth-order valence-corrected chi connectivity index (χ4v) is 4.79. The zero-order valence-corrected chi connectivity index (χ0v) is 14.3. The lowest BCUT2D eigenvalue weighted by Gasteiger charge is -2.40. The third kappa shape index (κ3) is 3.10. The summed E-state index contributed by atoms with van der Waals surface area (Å²) in [6.45, 7) is 0. The van der Waals surface area contributed by atoms with Gasteiger partial charge >= 0.3 is 0 Å². The number of halogens is 2. The van der Waals surface area contributed by atoms with E-state index in [1.165, 1.54) is 25.7 Å². The van der Waals surface area contributed by atoms with E-state index in [1.54, 1.807) is 0 Å². The van der Waals surface area contributed by atoms with Crippen molar-refractivity contribution in [1.82, 2.24) is 10.2 Å². The van der Waals surface area contributed by atoms with Crippen LogP contribution in [0.4, 0.5) is 0 Å². The summed E-state index contributed by atoms with van der Waals surface area (Å²) in [6.07, 6.45) is 6.23. The fourth-order valence-electron chi connectivity index (χ4n) is 4.23. The quantitative estimate of drug-likeness (QED) is 0.899. The Morgan fingerprint density at radius 1 is 1.19 bits per heavy atom. The van der Waals surface area contributed by atoms with Gasteiger partial charge in [-0.05, 0) is 69.8 Å². The van der Waals surface area contributed by atoms with E-state index < -0.39 is 0 Å². The highest BCUT2D eigenvalue weighted by molar-refractivity contribution is 6.36. The molecule has 0 aromatic heterocycles. The second-order valence-corrected chi connectivity index (χ2v) is 7.40. The lowest BCUT2D eigenvalue weighted by molar-refractivity contribution is 0.114. The second kappa shape index (κ2) is 6.45. The van der Waals surface area contributed by atoms with Crippen molar-refractivity contribution >= 4 is 23.2 Å². The molecule has 2 aliphatic rings. The largest absolute Gasteiger partial charge is 0.316 e. The van der Waals surface area contributed by atoms with Gasteiger partial charge in [-0.2, -0.15) is 0 Å². The fraction of sp³-hybridized carbons (Fsp3) is 0.647. The minimum Gasteiger partial charge on any atom is -0.316 e. The molecule has 0 radical (unpaired) electrons. The van der Waals surface area contributed by atoms with Crippen molar-refractivity contribution in [2.75, 3.05) is 14.1 Å². The van der Waals surface area contributed by atoms with E-state index in [9.17, 15) is 0 Å². The Labute approximate surface area is 137 Å². The van der Waals surface area contributed by atoms with Gasteiger partial charge in [0, 0.05) is 28.2 Å². The molecule has 2 bridgehead atoms. The molecule has 3 atom stereocenters. The highest BCUT2D eigenvalue weighted by atomic mass is 35.5. The molecule has 2 fully saturated rings. The molecule has 116 valence electrons. The Balaban J connectivity index is 1.74. The lowest BCUT2D eigenvalue weighted by atomic mass is 9.82. The number of nitrogens with zero attached hydrogens (tertiary/aromatic N) is 1. The van der Waals surface area contributed by atoms with Crippen LogP contribution in [0.1, 0.15) is 31.2 Å². The minimum atomic E-state index is 0.458. The zero-order chi connectivity index (χ0) is 15.0. The third-order valence-electron chi connectivity index (χ3n) is 5.56. The normalized spacial score (nSPS) is 30.6.